The smallest absolute Gasteiger partial charge is 0.338 e. The van der Waals surface area contributed by atoms with Gasteiger partial charge in [-0.3, -0.25) is 19.8 Å². The second-order valence-electron chi connectivity index (χ2n) is 5.68. The number of hydrogen-bond acceptors (Lipinski definition) is 4. The van der Waals surface area contributed by atoms with Crippen LogP contribution in [-0.4, -0.2) is 48.4 Å². The molecule has 1 rings (SSSR count). The Morgan fingerprint density at radius 3 is 2.33 bits per heavy atom. The summed E-state index contributed by atoms with van der Waals surface area (Å²) in [6.45, 7) is 5.17. The highest BCUT2D eigenvalue weighted by molar-refractivity contribution is 5.97. The van der Waals surface area contributed by atoms with Gasteiger partial charge in [-0.25, -0.2) is 4.79 Å². The molecule has 0 aliphatic heterocycles. The van der Waals surface area contributed by atoms with Crippen LogP contribution in [0.1, 0.15) is 26.3 Å². The van der Waals surface area contributed by atoms with Crippen LogP contribution < -0.4 is 16.0 Å². The second kappa shape index (κ2) is 9.91. The Balaban J connectivity index is 2.77. The van der Waals surface area contributed by atoms with E-state index in [2.05, 4.69) is 16.0 Å². The number of urea groups is 1. The summed E-state index contributed by atoms with van der Waals surface area (Å²) >= 11 is 0. The molecule has 0 bridgehead atoms. The predicted molar refractivity (Wildman–Crippen MR) is 94.0 cm³/mol. The third-order valence-electron chi connectivity index (χ3n) is 3.76. The van der Waals surface area contributed by atoms with Gasteiger partial charge in [0.05, 0.1) is 23.8 Å². The summed E-state index contributed by atoms with van der Waals surface area (Å²) in [5, 5.41) is 6.77. The van der Waals surface area contributed by atoms with Gasteiger partial charge in [-0.1, -0.05) is 19.1 Å². The van der Waals surface area contributed by atoms with E-state index in [1.807, 2.05) is 0 Å². The number of para-hydroxylation sites is 1. The minimum Gasteiger partial charge on any atom is -0.338 e. The van der Waals surface area contributed by atoms with Gasteiger partial charge in [-0.15, -0.1) is 0 Å². The van der Waals surface area contributed by atoms with Crippen molar-refractivity contribution >= 4 is 23.5 Å². The molecule has 3 N–H and O–H groups in total. The van der Waals surface area contributed by atoms with Crippen LogP contribution in [0.25, 0.3) is 0 Å². The molecule has 27 heavy (non-hydrogen) atoms. The molecule has 0 aromatic heterocycles. The quantitative estimate of drug-likeness (QED) is 0.668. The average molecular weight is 388 g/mol. The Morgan fingerprint density at radius 1 is 1.15 bits per heavy atom. The maximum absolute atomic E-state index is 13.0. The van der Waals surface area contributed by atoms with Crippen molar-refractivity contribution in [1.29, 1.82) is 0 Å². The summed E-state index contributed by atoms with van der Waals surface area (Å²) in [5.41, 5.74) is -1.31. The predicted octanol–water partition coefficient (Wildman–Crippen LogP) is 2.20. The van der Waals surface area contributed by atoms with Crippen molar-refractivity contribution in [3.63, 3.8) is 0 Å². The third kappa shape index (κ3) is 6.89. The number of benzene rings is 1. The highest BCUT2D eigenvalue weighted by atomic mass is 19.4. The lowest BCUT2D eigenvalue weighted by molar-refractivity contribution is -0.137. The Bertz CT molecular complexity index is 680. The van der Waals surface area contributed by atoms with Gasteiger partial charge in [0.1, 0.15) is 0 Å². The first kappa shape index (κ1) is 22.4. The first-order valence-corrected chi connectivity index (χ1v) is 8.38. The van der Waals surface area contributed by atoms with Crippen molar-refractivity contribution in [2.75, 3.05) is 25.0 Å². The first-order chi connectivity index (χ1) is 12.6. The second-order valence-corrected chi connectivity index (χ2v) is 5.68. The zero-order valence-electron chi connectivity index (χ0n) is 15.3. The molecule has 0 spiro atoms. The number of anilines is 1. The third-order valence-corrected chi connectivity index (χ3v) is 3.76. The maximum Gasteiger partial charge on any atom is 0.418 e. The Morgan fingerprint density at radius 2 is 1.78 bits per heavy atom. The monoisotopic (exact) mass is 388 g/mol. The fourth-order valence-corrected chi connectivity index (χ4v) is 2.32. The zero-order chi connectivity index (χ0) is 20.6. The molecule has 1 atom stereocenters. The van der Waals surface area contributed by atoms with Crippen LogP contribution in [0.2, 0.25) is 0 Å². The average Bonchev–Trinajstić information content (AvgIpc) is 2.58. The molecule has 4 amide bonds. The summed E-state index contributed by atoms with van der Waals surface area (Å²) in [6, 6.07) is 3.14. The molecule has 7 nitrogen and oxygen atoms in total. The van der Waals surface area contributed by atoms with E-state index in [1.165, 1.54) is 24.0 Å². The van der Waals surface area contributed by atoms with Crippen LogP contribution in [0.15, 0.2) is 24.3 Å². The summed E-state index contributed by atoms with van der Waals surface area (Å²) in [6.07, 6.45) is -4.60. The summed E-state index contributed by atoms with van der Waals surface area (Å²) < 4.78 is 39.0. The number of halogens is 3. The van der Waals surface area contributed by atoms with Crippen molar-refractivity contribution in [1.82, 2.24) is 15.5 Å². The fourth-order valence-electron chi connectivity index (χ4n) is 2.32. The number of likely N-dealkylation sites (N-methyl/N-ethyl adjacent to an activating group) is 1. The highest BCUT2D eigenvalue weighted by Gasteiger charge is 2.33. The fraction of sp³-hybridized carbons (Fsp3) is 0.471. The molecule has 1 unspecified atom stereocenters. The van der Waals surface area contributed by atoms with E-state index < -0.39 is 35.6 Å². The van der Waals surface area contributed by atoms with Crippen LogP contribution in [0.5, 0.6) is 0 Å². The molecule has 0 radical (unpaired) electrons. The number of carbonyl (C=O) groups is 3. The largest absolute Gasteiger partial charge is 0.418 e. The lowest BCUT2D eigenvalue weighted by Crippen LogP contribution is -2.51. The van der Waals surface area contributed by atoms with Crippen LogP contribution in [0.3, 0.4) is 0 Å². The number of nitrogens with zero attached hydrogens (tertiary/aromatic N) is 1. The van der Waals surface area contributed by atoms with Gasteiger partial charge < -0.3 is 10.6 Å². The van der Waals surface area contributed by atoms with E-state index >= 15 is 0 Å². The van der Waals surface area contributed by atoms with Gasteiger partial charge in [0.2, 0.25) is 11.8 Å². The Hall–Kier alpha value is -2.62. The molecule has 1 aromatic rings. The van der Waals surface area contributed by atoms with E-state index in [1.54, 1.807) is 13.8 Å². The zero-order valence-corrected chi connectivity index (χ0v) is 15.3. The number of amides is 4. The lowest BCUT2D eigenvalue weighted by atomic mass is 10.1. The molecule has 0 fully saturated rings. The van der Waals surface area contributed by atoms with Gasteiger partial charge in [0.15, 0.2) is 0 Å². The van der Waals surface area contributed by atoms with E-state index in [0.717, 1.165) is 12.1 Å². The minimum atomic E-state index is -4.60. The molecular formula is C17H23F3N4O3. The number of rotatable bonds is 7. The van der Waals surface area contributed by atoms with Gasteiger partial charge >= 0.3 is 12.2 Å². The molecule has 1 aromatic carbocycles. The number of imide groups is 1. The van der Waals surface area contributed by atoms with E-state index in [4.69, 9.17) is 0 Å². The van der Waals surface area contributed by atoms with Crippen LogP contribution in [-0.2, 0) is 15.8 Å². The van der Waals surface area contributed by atoms with Crippen molar-refractivity contribution in [2.45, 2.75) is 33.0 Å². The van der Waals surface area contributed by atoms with Crippen LogP contribution >= 0.6 is 0 Å². The van der Waals surface area contributed by atoms with E-state index in [0.29, 0.717) is 6.54 Å². The van der Waals surface area contributed by atoms with Crippen LogP contribution in [0, 0.1) is 0 Å². The number of hydrogen-bond donors (Lipinski definition) is 3. The van der Waals surface area contributed by atoms with Crippen molar-refractivity contribution in [3.8, 4) is 0 Å². The molecule has 150 valence electrons. The maximum atomic E-state index is 13.0. The van der Waals surface area contributed by atoms with Gasteiger partial charge in [0.25, 0.3) is 0 Å². The Labute approximate surface area is 155 Å². The molecule has 10 heteroatoms. The van der Waals surface area contributed by atoms with Crippen LogP contribution in [0.4, 0.5) is 23.7 Å². The lowest BCUT2D eigenvalue weighted by Gasteiger charge is -2.26. The molecule has 0 aliphatic rings. The number of alkyl halides is 3. The molecule has 0 heterocycles. The highest BCUT2D eigenvalue weighted by Crippen LogP contribution is 2.34. The standard InChI is InChI=1S/C17H23F3N4O3/c1-4-21-16(27)23-15(26)11(3)24(5-2)10-14(25)22-13-9-7-6-8-12(13)17(18,19)20/h6-9,11H,4-5,10H2,1-3H3,(H,22,25)(H2,21,23,26,27). The normalized spacial score (nSPS) is 12.4. The van der Waals surface area contributed by atoms with Gasteiger partial charge in [0, 0.05) is 6.54 Å². The summed E-state index contributed by atoms with van der Waals surface area (Å²) in [5.74, 6) is -1.32. The SMILES string of the molecule is CCNC(=O)NC(=O)C(C)N(CC)CC(=O)Nc1ccccc1C(F)(F)F. The van der Waals surface area contributed by atoms with Crippen molar-refractivity contribution in [3.05, 3.63) is 29.8 Å². The first-order valence-electron chi connectivity index (χ1n) is 8.38. The van der Waals surface area contributed by atoms with Gasteiger partial charge in [-0.2, -0.15) is 13.2 Å². The molecule has 0 saturated carbocycles. The topological polar surface area (TPSA) is 90.5 Å². The summed E-state index contributed by atoms with van der Waals surface area (Å²) in [4.78, 5) is 37.1. The minimum absolute atomic E-state index is 0.276. The summed E-state index contributed by atoms with van der Waals surface area (Å²) in [7, 11) is 0. The molecular weight excluding hydrogens is 365 g/mol. The number of nitrogens with one attached hydrogen (secondary N) is 3. The van der Waals surface area contributed by atoms with Crippen molar-refractivity contribution in [2.24, 2.45) is 0 Å². The molecule has 0 aliphatic carbocycles. The van der Waals surface area contributed by atoms with E-state index in [9.17, 15) is 27.6 Å². The van der Waals surface area contributed by atoms with Gasteiger partial charge in [-0.05, 0) is 32.5 Å². The number of carbonyl (C=O) groups excluding carboxylic acids is 3. The Kier molecular flexibility index (Phi) is 8.23. The van der Waals surface area contributed by atoms with Crippen molar-refractivity contribution < 1.29 is 27.6 Å². The molecule has 0 saturated heterocycles. The van der Waals surface area contributed by atoms with E-state index in [-0.39, 0.29) is 18.8 Å².